The lowest BCUT2D eigenvalue weighted by Gasteiger charge is -2.30. The third-order valence-corrected chi connectivity index (χ3v) is 4.90. The van der Waals surface area contributed by atoms with Crippen molar-refractivity contribution in [3.63, 3.8) is 0 Å². The van der Waals surface area contributed by atoms with Crippen LogP contribution in [-0.2, 0) is 4.79 Å². The Labute approximate surface area is 158 Å². The number of piperidine rings is 1. The van der Waals surface area contributed by atoms with Crippen LogP contribution in [0.5, 0.6) is 5.75 Å². The largest absolute Gasteiger partial charge is 0.497 e. The summed E-state index contributed by atoms with van der Waals surface area (Å²) in [6.45, 7) is 4.86. The van der Waals surface area contributed by atoms with Crippen LogP contribution in [0.2, 0.25) is 0 Å². The van der Waals surface area contributed by atoms with Gasteiger partial charge in [-0.25, -0.2) is 9.97 Å². The first-order chi connectivity index (χ1) is 13.0. The number of aromatic nitrogens is 2. The minimum absolute atomic E-state index is 0.107. The standard InChI is InChI=1S/C20H24N4O3/c1-13-18(20(26)23-16-4-6-17(27-3)7-5-16)12-21-19(22-13)15-8-10-24(11-9-15)14(2)25/h4-7,12,15H,8-11H2,1-3H3,(H,23,26). The van der Waals surface area contributed by atoms with E-state index in [0.717, 1.165) is 37.5 Å². The van der Waals surface area contributed by atoms with Gasteiger partial charge in [0.05, 0.1) is 18.4 Å². The van der Waals surface area contributed by atoms with Gasteiger partial charge in [-0.15, -0.1) is 0 Å². The summed E-state index contributed by atoms with van der Waals surface area (Å²) in [4.78, 5) is 34.8. The summed E-state index contributed by atoms with van der Waals surface area (Å²) in [5.74, 6) is 1.56. The van der Waals surface area contributed by atoms with Gasteiger partial charge >= 0.3 is 0 Å². The Balaban J connectivity index is 1.67. The topological polar surface area (TPSA) is 84.4 Å². The Morgan fingerprint density at radius 1 is 1.19 bits per heavy atom. The molecule has 3 rings (SSSR count). The second-order valence-corrected chi connectivity index (χ2v) is 6.69. The lowest BCUT2D eigenvalue weighted by atomic mass is 9.95. The lowest BCUT2D eigenvalue weighted by Crippen LogP contribution is -2.36. The third kappa shape index (κ3) is 4.42. The average molecular weight is 368 g/mol. The monoisotopic (exact) mass is 368 g/mol. The number of amides is 2. The van der Waals surface area contributed by atoms with E-state index in [0.29, 0.717) is 16.9 Å². The average Bonchev–Trinajstić information content (AvgIpc) is 2.68. The fourth-order valence-corrected chi connectivity index (χ4v) is 3.23. The molecule has 1 aromatic heterocycles. The number of hydrogen-bond donors (Lipinski definition) is 1. The van der Waals surface area contributed by atoms with Gasteiger partial charge in [0.25, 0.3) is 5.91 Å². The zero-order chi connectivity index (χ0) is 19.4. The molecule has 7 nitrogen and oxygen atoms in total. The predicted molar refractivity (Wildman–Crippen MR) is 102 cm³/mol. The van der Waals surface area contributed by atoms with Crippen molar-refractivity contribution in [2.24, 2.45) is 0 Å². The second-order valence-electron chi connectivity index (χ2n) is 6.69. The highest BCUT2D eigenvalue weighted by atomic mass is 16.5. The molecule has 0 saturated carbocycles. The van der Waals surface area contributed by atoms with Crippen LogP contribution in [0.4, 0.5) is 5.69 Å². The van der Waals surface area contributed by atoms with Gasteiger partial charge in [-0.3, -0.25) is 9.59 Å². The van der Waals surface area contributed by atoms with Gasteiger partial charge in [-0.05, 0) is 44.0 Å². The first kappa shape index (κ1) is 18.8. The highest BCUT2D eigenvalue weighted by Gasteiger charge is 2.24. The first-order valence-corrected chi connectivity index (χ1v) is 9.02. The minimum Gasteiger partial charge on any atom is -0.497 e. The third-order valence-electron chi connectivity index (χ3n) is 4.90. The number of benzene rings is 1. The second kappa shape index (κ2) is 8.16. The van der Waals surface area contributed by atoms with Gasteiger partial charge in [0.1, 0.15) is 11.6 Å². The highest BCUT2D eigenvalue weighted by molar-refractivity contribution is 6.04. The van der Waals surface area contributed by atoms with E-state index in [1.807, 2.05) is 11.8 Å². The van der Waals surface area contributed by atoms with Gasteiger partial charge in [-0.1, -0.05) is 0 Å². The van der Waals surface area contributed by atoms with Gasteiger partial charge in [-0.2, -0.15) is 0 Å². The van der Waals surface area contributed by atoms with Crippen molar-refractivity contribution >= 4 is 17.5 Å². The number of aryl methyl sites for hydroxylation is 1. The summed E-state index contributed by atoms with van der Waals surface area (Å²) < 4.78 is 5.11. The molecule has 0 radical (unpaired) electrons. The highest BCUT2D eigenvalue weighted by Crippen LogP contribution is 2.26. The van der Waals surface area contributed by atoms with E-state index in [2.05, 4.69) is 15.3 Å². The molecule has 0 unspecified atom stereocenters. The number of nitrogens with zero attached hydrogens (tertiary/aromatic N) is 3. The van der Waals surface area contributed by atoms with E-state index >= 15 is 0 Å². The van der Waals surface area contributed by atoms with Crippen LogP contribution in [0.15, 0.2) is 30.5 Å². The SMILES string of the molecule is COc1ccc(NC(=O)c2cnc(C3CCN(C(C)=O)CC3)nc2C)cc1. The molecule has 1 aliphatic rings. The summed E-state index contributed by atoms with van der Waals surface area (Å²) in [5.41, 5.74) is 1.79. The molecule has 1 fully saturated rings. The summed E-state index contributed by atoms with van der Waals surface area (Å²) in [6.07, 6.45) is 3.28. The number of ether oxygens (including phenoxy) is 1. The van der Waals surface area contributed by atoms with E-state index in [1.54, 1.807) is 44.5 Å². The van der Waals surface area contributed by atoms with Crippen molar-refractivity contribution in [1.82, 2.24) is 14.9 Å². The fraction of sp³-hybridized carbons (Fsp3) is 0.400. The summed E-state index contributed by atoms with van der Waals surface area (Å²) in [7, 11) is 1.60. The molecule has 1 aliphatic heterocycles. The molecule has 0 aliphatic carbocycles. The summed E-state index contributed by atoms with van der Waals surface area (Å²) in [5, 5.41) is 2.85. The molecule has 27 heavy (non-hydrogen) atoms. The number of anilines is 1. The van der Waals surface area contributed by atoms with Crippen molar-refractivity contribution in [1.29, 1.82) is 0 Å². The molecule has 142 valence electrons. The molecule has 1 saturated heterocycles. The lowest BCUT2D eigenvalue weighted by molar-refractivity contribution is -0.129. The van der Waals surface area contributed by atoms with Gasteiger partial charge in [0.2, 0.25) is 5.91 Å². The molecule has 7 heteroatoms. The molecule has 2 amide bonds. The number of hydrogen-bond acceptors (Lipinski definition) is 5. The molecule has 2 aromatic rings. The van der Waals surface area contributed by atoms with Crippen molar-refractivity contribution in [2.45, 2.75) is 32.6 Å². The Bertz CT molecular complexity index is 828. The summed E-state index contributed by atoms with van der Waals surface area (Å²) in [6, 6.07) is 7.14. The molecule has 0 bridgehead atoms. The molecule has 0 spiro atoms. The smallest absolute Gasteiger partial charge is 0.259 e. The van der Waals surface area contributed by atoms with E-state index in [4.69, 9.17) is 4.74 Å². The first-order valence-electron chi connectivity index (χ1n) is 9.02. The molecule has 0 atom stereocenters. The van der Waals surface area contributed by atoms with Crippen LogP contribution >= 0.6 is 0 Å². The number of carbonyl (C=O) groups is 2. The van der Waals surface area contributed by atoms with Gasteiger partial charge in [0.15, 0.2) is 0 Å². The van der Waals surface area contributed by atoms with Crippen LogP contribution in [-0.4, -0.2) is 46.9 Å². The number of likely N-dealkylation sites (tertiary alicyclic amines) is 1. The van der Waals surface area contributed by atoms with Crippen molar-refractivity contribution in [3.8, 4) is 5.75 Å². The fourth-order valence-electron chi connectivity index (χ4n) is 3.23. The van der Waals surface area contributed by atoms with E-state index < -0.39 is 0 Å². The van der Waals surface area contributed by atoms with E-state index in [-0.39, 0.29) is 17.7 Å². The zero-order valence-corrected chi connectivity index (χ0v) is 15.9. The molecule has 1 aromatic carbocycles. The quantitative estimate of drug-likeness (QED) is 0.897. The Kier molecular flexibility index (Phi) is 5.69. The number of rotatable bonds is 4. The predicted octanol–water partition coefficient (Wildman–Crippen LogP) is 2.77. The Morgan fingerprint density at radius 2 is 1.85 bits per heavy atom. The molecular formula is C20H24N4O3. The zero-order valence-electron chi connectivity index (χ0n) is 15.9. The number of methoxy groups -OCH3 is 1. The Hall–Kier alpha value is -2.96. The van der Waals surface area contributed by atoms with Crippen LogP contribution in [0.3, 0.4) is 0 Å². The van der Waals surface area contributed by atoms with Crippen LogP contribution in [0.25, 0.3) is 0 Å². The molecule has 1 N–H and O–H groups in total. The van der Waals surface area contributed by atoms with Crippen molar-refractivity contribution < 1.29 is 14.3 Å². The van der Waals surface area contributed by atoms with Gasteiger partial charge < -0.3 is 15.0 Å². The maximum Gasteiger partial charge on any atom is 0.259 e. The van der Waals surface area contributed by atoms with Crippen molar-refractivity contribution in [2.75, 3.05) is 25.5 Å². The van der Waals surface area contributed by atoms with Crippen LogP contribution < -0.4 is 10.1 Å². The van der Waals surface area contributed by atoms with Gasteiger partial charge in [0, 0.05) is 37.8 Å². The Morgan fingerprint density at radius 3 is 2.41 bits per heavy atom. The van der Waals surface area contributed by atoms with Crippen molar-refractivity contribution in [3.05, 3.63) is 47.5 Å². The molecule has 2 heterocycles. The summed E-state index contributed by atoms with van der Waals surface area (Å²) >= 11 is 0. The number of carbonyl (C=O) groups excluding carboxylic acids is 2. The molecular weight excluding hydrogens is 344 g/mol. The van der Waals surface area contributed by atoms with E-state index in [1.165, 1.54) is 0 Å². The maximum atomic E-state index is 12.5. The maximum absolute atomic E-state index is 12.5. The number of nitrogens with one attached hydrogen (secondary N) is 1. The van der Waals surface area contributed by atoms with Crippen LogP contribution in [0.1, 0.15) is 47.6 Å². The minimum atomic E-state index is -0.240. The normalized spacial score (nSPS) is 14.7. The van der Waals surface area contributed by atoms with Crippen LogP contribution in [0, 0.1) is 6.92 Å². The van der Waals surface area contributed by atoms with E-state index in [9.17, 15) is 9.59 Å².